The fourth-order valence-corrected chi connectivity index (χ4v) is 2.58. The summed E-state index contributed by atoms with van der Waals surface area (Å²) < 4.78 is 0. The van der Waals surface area contributed by atoms with Gasteiger partial charge in [-0.3, -0.25) is 19.3 Å². The third-order valence-corrected chi connectivity index (χ3v) is 3.85. The van der Waals surface area contributed by atoms with E-state index < -0.39 is 12.1 Å². The second kappa shape index (κ2) is 8.27. The normalized spacial score (nSPS) is 16.6. The van der Waals surface area contributed by atoms with Gasteiger partial charge < -0.3 is 16.0 Å². The molecule has 5 amide bonds. The average Bonchev–Trinajstić information content (AvgIpc) is 2.87. The number of benzene rings is 1. The monoisotopic (exact) mass is 346 g/mol. The highest BCUT2D eigenvalue weighted by molar-refractivity contribution is 6.05. The number of carbonyl (C=O) groups excluding carboxylic acids is 4. The van der Waals surface area contributed by atoms with Crippen molar-refractivity contribution < 1.29 is 19.2 Å². The van der Waals surface area contributed by atoms with Gasteiger partial charge in [-0.1, -0.05) is 19.1 Å². The van der Waals surface area contributed by atoms with Crippen molar-refractivity contribution in [2.75, 3.05) is 13.6 Å². The van der Waals surface area contributed by atoms with Crippen LogP contribution in [0.3, 0.4) is 0 Å². The second-order valence-corrected chi connectivity index (χ2v) is 5.75. The molecule has 0 aliphatic carbocycles. The molecule has 2 rings (SSSR count). The first kappa shape index (κ1) is 18.4. The molecule has 1 aliphatic heterocycles. The molecule has 0 spiro atoms. The first-order valence-corrected chi connectivity index (χ1v) is 8.15. The maximum absolute atomic E-state index is 12.1. The van der Waals surface area contributed by atoms with Gasteiger partial charge in [0.25, 0.3) is 11.8 Å². The molecule has 1 aromatic rings. The van der Waals surface area contributed by atoms with Crippen molar-refractivity contribution in [1.82, 2.24) is 20.9 Å². The molecule has 8 heteroatoms. The molecule has 1 unspecified atom stereocenters. The van der Waals surface area contributed by atoms with Crippen LogP contribution in [-0.2, 0) is 16.1 Å². The van der Waals surface area contributed by atoms with Gasteiger partial charge in [-0.05, 0) is 24.1 Å². The van der Waals surface area contributed by atoms with Crippen molar-refractivity contribution in [2.45, 2.75) is 32.4 Å². The summed E-state index contributed by atoms with van der Waals surface area (Å²) in [6.07, 6.45) is 0.555. The van der Waals surface area contributed by atoms with Crippen LogP contribution >= 0.6 is 0 Å². The van der Waals surface area contributed by atoms with Gasteiger partial charge in [0.2, 0.25) is 5.91 Å². The first-order valence-electron chi connectivity index (χ1n) is 8.15. The van der Waals surface area contributed by atoms with Crippen LogP contribution in [0.2, 0.25) is 0 Å². The summed E-state index contributed by atoms with van der Waals surface area (Å²) in [4.78, 5) is 48.6. The number of hydrogen-bond donors (Lipinski definition) is 3. The lowest BCUT2D eigenvalue weighted by molar-refractivity contribution is -0.130. The molecule has 1 fully saturated rings. The summed E-state index contributed by atoms with van der Waals surface area (Å²) >= 11 is 0. The van der Waals surface area contributed by atoms with Crippen molar-refractivity contribution in [3.8, 4) is 0 Å². The van der Waals surface area contributed by atoms with Crippen LogP contribution < -0.4 is 16.0 Å². The van der Waals surface area contributed by atoms with E-state index in [9.17, 15) is 19.2 Å². The van der Waals surface area contributed by atoms with E-state index in [0.717, 1.165) is 10.5 Å². The molecule has 0 bridgehead atoms. The Bertz CT molecular complexity index is 689. The number of nitrogens with one attached hydrogen (secondary N) is 3. The van der Waals surface area contributed by atoms with E-state index in [2.05, 4.69) is 16.0 Å². The van der Waals surface area contributed by atoms with E-state index in [4.69, 9.17) is 0 Å². The SMILES string of the molecule is CCCN1C(=O)NC(CC(=O)NCc2cccc(C(=O)NC)c2)C1=O. The van der Waals surface area contributed by atoms with Gasteiger partial charge in [-0.15, -0.1) is 0 Å². The third-order valence-electron chi connectivity index (χ3n) is 3.85. The fraction of sp³-hybridized carbons (Fsp3) is 0.412. The zero-order valence-electron chi connectivity index (χ0n) is 14.3. The minimum absolute atomic E-state index is 0.111. The molecule has 1 atom stereocenters. The van der Waals surface area contributed by atoms with E-state index in [1.807, 2.05) is 6.92 Å². The lowest BCUT2D eigenvalue weighted by Crippen LogP contribution is -2.36. The van der Waals surface area contributed by atoms with Gasteiger partial charge >= 0.3 is 6.03 Å². The first-order chi connectivity index (χ1) is 12.0. The van der Waals surface area contributed by atoms with Crippen molar-refractivity contribution in [3.63, 3.8) is 0 Å². The van der Waals surface area contributed by atoms with E-state index in [0.29, 0.717) is 18.5 Å². The van der Waals surface area contributed by atoms with Crippen LogP contribution in [-0.4, -0.2) is 48.3 Å². The topological polar surface area (TPSA) is 108 Å². The number of nitrogens with zero attached hydrogens (tertiary/aromatic N) is 1. The highest BCUT2D eigenvalue weighted by atomic mass is 16.2. The molecular weight excluding hydrogens is 324 g/mol. The second-order valence-electron chi connectivity index (χ2n) is 5.75. The molecule has 8 nitrogen and oxygen atoms in total. The Morgan fingerprint density at radius 3 is 2.72 bits per heavy atom. The minimum atomic E-state index is -0.823. The van der Waals surface area contributed by atoms with Crippen LogP contribution in [0.15, 0.2) is 24.3 Å². The Balaban J connectivity index is 1.88. The standard InChI is InChI=1S/C17H22N4O4/c1-3-7-21-16(24)13(20-17(21)25)9-14(22)19-10-11-5-4-6-12(8-11)15(23)18-2/h4-6,8,13H,3,7,9-10H2,1-2H3,(H,18,23)(H,19,22)(H,20,25). The van der Waals surface area contributed by atoms with E-state index >= 15 is 0 Å². The Morgan fingerprint density at radius 2 is 2.04 bits per heavy atom. The molecule has 3 N–H and O–H groups in total. The number of hydrogen-bond acceptors (Lipinski definition) is 4. The van der Waals surface area contributed by atoms with Gasteiger partial charge in [0.05, 0.1) is 6.42 Å². The van der Waals surface area contributed by atoms with Crippen LogP contribution in [0.25, 0.3) is 0 Å². The maximum atomic E-state index is 12.1. The Labute approximate surface area is 145 Å². The summed E-state index contributed by atoms with van der Waals surface area (Å²) in [6, 6.07) is 5.61. The van der Waals surface area contributed by atoms with Crippen molar-refractivity contribution >= 4 is 23.8 Å². The average molecular weight is 346 g/mol. The summed E-state index contributed by atoms with van der Waals surface area (Å²) in [6.45, 7) is 2.44. The molecule has 1 heterocycles. The van der Waals surface area contributed by atoms with Crippen LogP contribution in [0.1, 0.15) is 35.7 Å². The number of imide groups is 1. The lowest BCUT2D eigenvalue weighted by Gasteiger charge is -2.11. The van der Waals surface area contributed by atoms with E-state index in [1.165, 1.54) is 0 Å². The third kappa shape index (κ3) is 4.56. The van der Waals surface area contributed by atoms with Gasteiger partial charge in [0.15, 0.2) is 0 Å². The highest BCUT2D eigenvalue weighted by Gasteiger charge is 2.38. The van der Waals surface area contributed by atoms with Crippen LogP contribution in [0.4, 0.5) is 4.79 Å². The van der Waals surface area contributed by atoms with Crippen LogP contribution in [0, 0.1) is 0 Å². The Morgan fingerprint density at radius 1 is 1.28 bits per heavy atom. The highest BCUT2D eigenvalue weighted by Crippen LogP contribution is 2.10. The van der Waals surface area contributed by atoms with Crippen molar-refractivity contribution in [3.05, 3.63) is 35.4 Å². The minimum Gasteiger partial charge on any atom is -0.355 e. The molecule has 1 aliphatic rings. The zero-order chi connectivity index (χ0) is 18.4. The largest absolute Gasteiger partial charge is 0.355 e. The lowest BCUT2D eigenvalue weighted by atomic mass is 10.1. The predicted octanol–water partition coefficient (Wildman–Crippen LogP) is 0.383. The van der Waals surface area contributed by atoms with Gasteiger partial charge in [-0.25, -0.2) is 4.79 Å². The molecule has 0 radical (unpaired) electrons. The Hall–Kier alpha value is -2.90. The fourth-order valence-electron chi connectivity index (χ4n) is 2.58. The summed E-state index contributed by atoms with van der Waals surface area (Å²) in [5.74, 6) is -0.922. The number of amides is 5. The molecule has 1 saturated heterocycles. The molecule has 0 aromatic heterocycles. The molecule has 1 aromatic carbocycles. The van der Waals surface area contributed by atoms with Crippen molar-refractivity contribution in [2.24, 2.45) is 0 Å². The quantitative estimate of drug-likeness (QED) is 0.621. The van der Waals surface area contributed by atoms with E-state index in [-0.39, 0.29) is 30.7 Å². The molecule has 25 heavy (non-hydrogen) atoms. The number of rotatable bonds is 7. The van der Waals surface area contributed by atoms with E-state index in [1.54, 1.807) is 31.3 Å². The summed E-state index contributed by atoms with van der Waals surface area (Å²) in [5, 5.41) is 7.76. The molecular formula is C17H22N4O4. The zero-order valence-corrected chi connectivity index (χ0v) is 14.3. The van der Waals surface area contributed by atoms with Gasteiger partial charge in [-0.2, -0.15) is 0 Å². The summed E-state index contributed by atoms with van der Waals surface area (Å²) in [5.41, 5.74) is 1.27. The predicted molar refractivity (Wildman–Crippen MR) is 90.6 cm³/mol. The molecule has 0 saturated carbocycles. The number of carbonyl (C=O) groups is 4. The van der Waals surface area contributed by atoms with Crippen LogP contribution in [0.5, 0.6) is 0 Å². The Kier molecular flexibility index (Phi) is 6.10. The van der Waals surface area contributed by atoms with Gasteiger partial charge in [0.1, 0.15) is 6.04 Å². The van der Waals surface area contributed by atoms with Crippen molar-refractivity contribution in [1.29, 1.82) is 0 Å². The smallest absolute Gasteiger partial charge is 0.324 e. The molecule has 134 valence electrons. The van der Waals surface area contributed by atoms with Gasteiger partial charge in [0, 0.05) is 25.7 Å². The number of urea groups is 1. The maximum Gasteiger partial charge on any atom is 0.324 e. The summed E-state index contributed by atoms with van der Waals surface area (Å²) in [7, 11) is 1.55.